The summed E-state index contributed by atoms with van der Waals surface area (Å²) in [6, 6.07) is 1.50. The fraction of sp³-hybridized carbons (Fsp3) is 0.438. The highest BCUT2D eigenvalue weighted by molar-refractivity contribution is 5.97. The number of Topliss-reactive ketones (excluding diaryl/α,β-unsaturated/α-hetero) is 1. The third kappa shape index (κ3) is 4.12. The maximum atomic E-state index is 13.7. The lowest BCUT2D eigenvalue weighted by atomic mass is 9.83. The second kappa shape index (κ2) is 7.30. The topological polar surface area (TPSA) is 72.5 Å². The average molecular weight is 325 g/mol. The van der Waals surface area contributed by atoms with E-state index in [4.69, 9.17) is 0 Å². The van der Waals surface area contributed by atoms with E-state index in [9.17, 15) is 23.2 Å². The number of ketones is 1. The molecule has 1 amide bonds. The van der Waals surface area contributed by atoms with Crippen molar-refractivity contribution in [2.45, 2.75) is 31.7 Å². The molecule has 0 spiro atoms. The lowest BCUT2D eigenvalue weighted by molar-refractivity contribution is -0.145. The van der Waals surface area contributed by atoms with E-state index in [1.807, 2.05) is 0 Å². The van der Waals surface area contributed by atoms with Crippen LogP contribution in [0.15, 0.2) is 18.2 Å². The summed E-state index contributed by atoms with van der Waals surface area (Å²) in [4.78, 5) is 35.7. The number of benzene rings is 1. The summed E-state index contributed by atoms with van der Waals surface area (Å²) in [5.74, 6) is -3.75. The number of carbonyl (C=O) groups is 3. The van der Waals surface area contributed by atoms with E-state index >= 15 is 0 Å². The van der Waals surface area contributed by atoms with E-state index in [0.717, 1.165) is 12.1 Å². The highest BCUT2D eigenvalue weighted by Crippen LogP contribution is 2.25. The monoisotopic (exact) mass is 325 g/mol. The van der Waals surface area contributed by atoms with Crippen LogP contribution in [0.3, 0.4) is 0 Å². The first-order chi connectivity index (χ1) is 10.9. The molecule has 0 radical (unpaired) electrons. The third-order valence-corrected chi connectivity index (χ3v) is 3.91. The molecule has 0 bridgehead atoms. The summed E-state index contributed by atoms with van der Waals surface area (Å²) in [5.41, 5.74) is -0.373. The molecule has 1 aromatic rings. The van der Waals surface area contributed by atoms with Crippen molar-refractivity contribution < 1.29 is 27.9 Å². The van der Waals surface area contributed by atoms with Gasteiger partial charge in [-0.15, -0.1) is 0 Å². The molecule has 0 unspecified atom stereocenters. The van der Waals surface area contributed by atoms with Crippen molar-refractivity contribution in [1.29, 1.82) is 0 Å². The first-order valence-electron chi connectivity index (χ1n) is 7.28. The van der Waals surface area contributed by atoms with Gasteiger partial charge in [-0.1, -0.05) is 0 Å². The maximum Gasteiger partial charge on any atom is 0.328 e. The van der Waals surface area contributed by atoms with Crippen LogP contribution in [0.2, 0.25) is 0 Å². The van der Waals surface area contributed by atoms with Gasteiger partial charge >= 0.3 is 5.97 Å². The summed E-state index contributed by atoms with van der Waals surface area (Å²) in [6.07, 6.45) is 1.81. The van der Waals surface area contributed by atoms with Crippen LogP contribution in [-0.2, 0) is 14.3 Å². The average Bonchev–Trinajstić information content (AvgIpc) is 2.51. The number of amides is 1. The first-order valence-corrected chi connectivity index (χ1v) is 7.28. The predicted molar refractivity (Wildman–Crippen MR) is 76.6 cm³/mol. The molecular weight excluding hydrogens is 308 g/mol. The molecule has 0 aliphatic heterocycles. The van der Waals surface area contributed by atoms with Gasteiger partial charge in [-0.05, 0) is 30.9 Å². The van der Waals surface area contributed by atoms with Crippen LogP contribution in [0.25, 0.3) is 0 Å². The van der Waals surface area contributed by atoms with Gasteiger partial charge in [0.15, 0.2) is 0 Å². The molecule has 1 N–H and O–H groups in total. The number of rotatable bonds is 4. The summed E-state index contributed by atoms with van der Waals surface area (Å²) >= 11 is 0. The highest BCUT2D eigenvalue weighted by Gasteiger charge is 2.34. The van der Waals surface area contributed by atoms with Gasteiger partial charge in [-0.2, -0.15) is 0 Å². The van der Waals surface area contributed by atoms with Crippen LogP contribution >= 0.6 is 0 Å². The van der Waals surface area contributed by atoms with Gasteiger partial charge in [0.25, 0.3) is 5.91 Å². The van der Waals surface area contributed by atoms with Gasteiger partial charge in [-0.25, -0.2) is 13.6 Å². The van der Waals surface area contributed by atoms with Gasteiger partial charge < -0.3 is 10.1 Å². The molecule has 124 valence electrons. The van der Waals surface area contributed by atoms with Crippen LogP contribution in [-0.4, -0.2) is 30.8 Å². The van der Waals surface area contributed by atoms with E-state index in [1.54, 1.807) is 0 Å². The van der Waals surface area contributed by atoms with E-state index in [0.29, 0.717) is 25.3 Å². The molecule has 1 saturated carbocycles. The lowest BCUT2D eigenvalue weighted by Crippen LogP contribution is -2.48. The largest absolute Gasteiger partial charge is 0.467 e. The number of esters is 1. The summed E-state index contributed by atoms with van der Waals surface area (Å²) in [5, 5.41) is 2.41. The molecule has 23 heavy (non-hydrogen) atoms. The molecule has 2 rings (SSSR count). The molecule has 1 aliphatic rings. The number of methoxy groups -OCH3 is 1. The molecule has 7 heteroatoms. The van der Waals surface area contributed by atoms with Gasteiger partial charge in [0.2, 0.25) is 0 Å². The number of ether oxygens (including phenoxy) is 1. The Morgan fingerprint density at radius 3 is 2.70 bits per heavy atom. The number of nitrogens with one attached hydrogen (secondary N) is 1. The second-order valence-corrected chi connectivity index (χ2v) is 5.49. The van der Waals surface area contributed by atoms with E-state index in [1.165, 1.54) is 7.11 Å². The maximum absolute atomic E-state index is 13.7. The van der Waals surface area contributed by atoms with Crippen LogP contribution < -0.4 is 5.32 Å². The van der Waals surface area contributed by atoms with Gasteiger partial charge in [0.1, 0.15) is 23.5 Å². The first kappa shape index (κ1) is 17.1. The van der Waals surface area contributed by atoms with Crippen LogP contribution in [0, 0.1) is 17.6 Å². The van der Waals surface area contributed by atoms with E-state index in [-0.39, 0.29) is 17.8 Å². The zero-order valence-electron chi connectivity index (χ0n) is 12.6. The quantitative estimate of drug-likeness (QED) is 0.860. The minimum atomic E-state index is -1.04. The van der Waals surface area contributed by atoms with Crippen LogP contribution in [0.1, 0.15) is 36.0 Å². The Hall–Kier alpha value is -2.31. The molecule has 0 saturated heterocycles. The summed E-state index contributed by atoms with van der Waals surface area (Å²) in [6.45, 7) is 0. The third-order valence-electron chi connectivity index (χ3n) is 3.91. The van der Waals surface area contributed by atoms with E-state index < -0.39 is 35.5 Å². The molecule has 1 aromatic carbocycles. The minimum Gasteiger partial charge on any atom is -0.467 e. The summed E-state index contributed by atoms with van der Waals surface area (Å²) < 4.78 is 31.2. The van der Waals surface area contributed by atoms with E-state index in [2.05, 4.69) is 10.1 Å². The standard InChI is InChI=1S/C16H17F2NO4/c1-23-16(22)14(9-3-2-4-11(20)7-9)19-15(21)12-6-5-10(17)8-13(12)18/h5-6,8-9,14H,2-4,7H2,1H3,(H,19,21)/t9-,14+/m0/s1. The van der Waals surface area contributed by atoms with Crippen LogP contribution in [0.4, 0.5) is 8.78 Å². The summed E-state index contributed by atoms with van der Waals surface area (Å²) in [7, 11) is 1.17. The predicted octanol–water partition coefficient (Wildman–Crippen LogP) is 2.00. The zero-order valence-corrected chi connectivity index (χ0v) is 12.6. The Morgan fingerprint density at radius 2 is 2.09 bits per heavy atom. The fourth-order valence-electron chi connectivity index (χ4n) is 2.73. The minimum absolute atomic E-state index is 0.0114. The van der Waals surface area contributed by atoms with Gasteiger partial charge in [0, 0.05) is 18.9 Å². The van der Waals surface area contributed by atoms with Gasteiger partial charge in [0.05, 0.1) is 12.7 Å². The van der Waals surface area contributed by atoms with Crippen molar-refractivity contribution in [1.82, 2.24) is 5.32 Å². The van der Waals surface area contributed by atoms with Crippen molar-refractivity contribution in [2.24, 2.45) is 5.92 Å². The van der Waals surface area contributed by atoms with Crippen molar-refractivity contribution in [3.05, 3.63) is 35.4 Å². The molecule has 2 atom stereocenters. The molecule has 5 nitrogen and oxygen atoms in total. The number of carbonyl (C=O) groups excluding carboxylic acids is 3. The highest BCUT2D eigenvalue weighted by atomic mass is 19.1. The Morgan fingerprint density at radius 1 is 1.35 bits per heavy atom. The molecule has 1 fully saturated rings. The lowest BCUT2D eigenvalue weighted by Gasteiger charge is -2.28. The normalized spacial score (nSPS) is 19.1. The van der Waals surface area contributed by atoms with Gasteiger partial charge in [-0.3, -0.25) is 9.59 Å². The molecule has 0 heterocycles. The molecule has 1 aliphatic carbocycles. The van der Waals surface area contributed by atoms with Crippen molar-refractivity contribution >= 4 is 17.7 Å². The zero-order chi connectivity index (χ0) is 17.0. The Kier molecular flexibility index (Phi) is 5.41. The number of hydrogen-bond donors (Lipinski definition) is 1. The smallest absolute Gasteiger partial charge is 0.328 e. The number of hydrogen-bond acceptors (Lipinski definition) is 4. The van der Waals surface area contributed by atoms with Crippen molar-refractivity contribution in [2.75, 3.05) is 7.11 Å². The fourth-order valence-corrected chi connectivity index (χ4v) is 2.73. The van der Waals surface area contributed by atoms with Crippen molar-refractivity contribution in [3.63, 3.8) is 0 Å². The SMILES string of the molecule is COC(=O)[C@H](NC(=O)c1ccc(F)cc1F)[C@H]1CCCC(=O)C1. The second-order valence-electron chi connectivity index (χ2n) is 5.49. The molecule has 0 aromatic heterocycles. The van der Waals surface area contributed by atoms with Crippen LogP contribution in [0.5, 0.6) is 0 Å². The Balaban J connectivity index is 2.18. The Bertz CT molecular complexity index is 633. The Labute approximate surface area is 132 Å². The number of halogens is 2. The van der Waals surface area contributed by atoms with Crippen molar-refractivity contribution in [3.8, 4) is 0 Å². The molecular formula is C16H17F2NO4.